The molecular formula is C15H21NOS. The highest BCUT2D eigenvalue weighted by Crippen LogP contribution is 2.25. The van der Waals surface area contributed by atoms with Crippen molar-refractivity contribution < 1.29 is 5.11 Å². The molecule has 0 aromatic carbocycles. The first-order valence-corrected chi connectivity index (χ1v) is 7.57. The molecule has 1 aliphatic rings. The molecular weight excluding hydrogens is 242 g/mol. The number of rotatable bonds is 4. The van der Waals surface area contributed by atoms with Crippen LogP contribution in [0.3, 0.4) is 0 Å². The molecule has 3 heteroatoms. The van der Waals surface area contributed by atoms with Crippen LogP contribution >= 0.6 is 11.3 Å². The lowest BCUT2D eigenvalue weighted by molar-refractivity contribution is 0.242. The zero-order valence-electron chi connectivity index (χ0n) is 11.0. The average molecular weight is 263 g/mol. The first kappa shape index (κ1) is 13.6. The van der Waals surface area contributed by atoms with E-state index in [1.165, 1.54) is 30.7 Å². The van der Waals surface area contributed by atoms with Gasteiger partial charge in [-0.3, -0.25) is 4.90 Å². The smallest absolute Gasteiger partial charge is 0.0771 e. The summed E-state index contributed by atoms with van der Waals surface area (Å²) >= 11 is 1.79. The Labute approximate surface area is 114 Å². The van der Waals surface area contributed by atoms with Gasteiger partial charge in [0.25, 0.3) is 0 Å². The van der Waals surface area contributed by atoms with Crippen molar-refractivity contribution in [2.75, 3.05) is 13.2 Å². The lowest BCUT2D eigenvalue weighted by Crippen LogP contribution is -2.27. The fourth-order valence-electron chi connectivity index (χ4n) is 2.50. The molecule has 2 nitrogen and oxygen atoms in total. The standard InChI is InChI=1S/C15H21NOS/c1-2-13-6-5-10-16(13)12-15-9-8-14(18-15)7-3-4-11-17/h8-9,13,17H,2,4-6,10-12H2,1H3. The van der Waals surface area contributed by atoms with E-state index >= 15 is 0 Å². The van der Waals surface area contributed by atoms with Crippen LogP contribution in [-0.4, -0.2) is 29.2 Å². The number of thiophene rings is 1. The minimum absolute atomic E-state index is 0.150. The molecule has 0 spiro atoms. The summed E-state index contributed by atoms with van der Waals surface area (Å²) in [5.41, 5.74) is 0. The van der Waals surface area contributed by atoms with Crippen molar-refractivity contribution in [3.05, 3.63) is 21.9 Å². The number of hydrogen-bond acceptors (Lipinski definition) is 3. The molecule has 1 aromatic heterocycles. The van der Waals surface area contributed by atoms with E-state index in [0.717, 1.165) is 17.5 Å². The SMILES string of the molecule is CCC1CCCN1Cc1ccc(C#CCCO)s1. The molecule has 98 valence electrons. The van der Waals surface area contributed by atoms with Crippen LogP contribution in [0.1, 0.15) is 42.4 Å². The van der Waals surface area contributed by atoms with Gasteiger partial charge in [0.2, 0.25) is 0 Å². The Bertz CT molecular complexity index is 429. The molecule has 0 amide bonds. The molecule has 1 fully saturated rings. The second-order valence-electron chi connectivity index (χ2n) is 4.72. The van der Waals surface area contributed by atoms with Crippen molar-refractivity contribution in [2.24, 2.45) is 0 Å². The molecule has 1 atom stereocenters. The quantitative estimate of drug-likeness (QED) is 0.844. The monoisotopic (exact) mass is 263 g/mol. The third-order valence-corrected chi connectivity index (χ3v) is 4.42. The summed E-state index contributed by atoms with van der Waals surface area (Å²) < 4.78 is 0. The van der Waals surface area contributed by atoms with Gasteiger partial charge in [0, 0.05) is 23.9 Å². The van der Waals surface area contributed by atoms with Gasteiger partial charge in [-0.2, -0.15) is 0 Å². The predicted octanol–water partition coefficient (Wildman–Crippen LogP) is 2.86. The number of hydrogen-bond donors (Lipinski definition) is 1. The highest BCUT2D eigenvalue weighted by molar-refractivity contribution is 7.12. The molecule has 1 N–H and O–H groups in total. The Morgan fingerprint density at radius 3 is 3.17 bits per heavy atom. The summed E-state index contributed by atoms with van der Waals surface area (Å²) in [6, 6.07) is 5.07. The topological polar surface area (TPSA) is 23.5 Å². The van der Waals surface area contributed by atoms with Crippen LogP contribution in [0, 0.1) is 11.8 Å². The summed E-state index contributed by atoms with van der Waals surface area (Å²) in [6.45, 7) is 4.74. The van der Waals surface area contributed by atoms with Crippen molar-refractivity contribution in [1.82, 2.24) is 4.90 Å². The Morgan fingerprint density at radius 2 is 2.39 bits per heavy atom. The van der Waals surface area contributed by atoms with Gasteiger partial charge in [-0.25, -0.2) is 0 Å². The van der Waals surface area contributed by atoms with Crippen LogP contribution < -0.4 is 0 Å². The fourth-order valence-corrected chi connectivity index (χ4v) is 3.41. The molecule has 1 unspecified atom stereocenters. The number of nitrogens with zero attached hydrogens (tertiary/aromatic N) is 1. The van der Waals surface area contributed by atoms with Crippen LogP contribution in [0.4, 0.5) is 0 Å². The van der Waals surface area contributed by atoms with E-state index in [0.29, 0.717) is 6.42 Å². The Hall–Kier alpha value is -0.820. The maximum atomic E-state index is 8.69. The Balaban J connectivity index is 1.92. The van der Waals surface area contributed by atoms with Crippen LogP contribution in [0.25, 0.3) is 0 Å². The van der Waals surface area contributed by atoms with Crippen LogP contribution in [0.2, 0.25) is 0 Å². The summed E-state index contributed by atoms with van der Waals surface area (Å²) in [5, 5.41) is 8.69. The van der Waals surface area contributed by atoms with Gasteiger partial charge < -0.3 is 5.11 Å². The first-order valence-electron chi connectivity index (χ1n) is 6.76. The molecule has 0 aliphatic carbocycles. The van der Waals surface area contributed by atoms with Gasteiger partial charge >= 0.3 is 0 Å². The van der Waals surface area contributed by atoms with Crippen molar-refractivity contribution >= 4 is 11.3 Å². The van der Waals surface area contributed by atoms with E-state index < -0.39 is 0 Å². The highest BCUT2D eigenvalue weighted by atomic mass is 32.1. The minimum atomic E-state index is 0.150. The predicted molar refractivity (Wildman–Crippen MR) is 76.6 cm³/mol. The van der Waals surface area contributed by atoms with Crippen molar-refractivity contribution in [3.8, 4) is 11.8 Å². The van der Waals surface area contributed by atoms with Gasteiger partial charge in [0.05, 0.1) is 11.5 Å². The van der Waals surface area contributed by atoms with Crippen LogP contribution in [0.5, 0.6) is 0 Å². The summed E-state index contributed by atoms with van der Waals surface area (Å²) in [7, 11) is 0. The molecule has 1 aliphatic heterocycles. The fraction of sp³-hybridized carbons (Fsp3) is 0.600. The molecule has 2 heterocycles. The molecule has 18 heavy (non-hydrogen) atoms. The second-order valence-corrected chi connectivity index (χ2v) is 5.88. The summed E-state index contributed by atoms with van der Waals surface area (Å²) in [4.78, 5) is 5.12. The molecule has 2 rings (SSSR count). The minimum Gasteiger partial charge on any atom is -0.395 e. The molecule has 1 aromatic rings. The van der Waals surface area contributed by atoms with Gasteiger partial charge in [-0.1, -0.05) is 18.8 Å². The number of aliphatic hydroxyl groups excluding tert-OH is 1. The zero-order chi connectivity index (χ0) is 12.8. The van der Waals surface area contributed by atoms with Crippen LogP contribution in [0.15, 0.2) is 12.1 Å². The number of aliphatic hydroxyl groups is 1. The first-order chi connectivity index (χ1) is 8.83. The van der Waals surface area contributed by atoms with Gasteiger partial charge in [-0.05, 0) is 37.9 Å². The molecule has 1 saturated heterocycles. The van der Waals surface area contributed by atoms with Gasteiger partial charge in [0.1, 0.15) is 0 Å². The van der Waals surface area contributed by atoms with E-state index in [4.69, 9.17) is 5.11 Å². The maximum Gasteiger partial charge on any atom is 0.0771 e. The maximum absolute atomic E-state index is 8.69. The van der Waals surface area contributed by atoms with E-state index in [9.17, 15) is 0 Å². The summed E-state index contributed by atoms with van der Waals surface area (Å²) in [5.74, 6) is 6.08. The Morgan fingerprint density at radius 1 is 1.50 bits per heavy atom. The Kier molecular flexibility index (Phi) is 5.25. The van der Waals surface area contributed by atoms with E-state index in [-0.39, 0.29) is 6.61 Å². The lowest BCUT2D eigenvalue weighted by atomic mass is 10.2. The third-order valence-electron chi connectivity index (χ3n) is 3.44. The van der Waals surface area contributed by atoms with E-state index in [2.05, 4.69) is 35.8 Å². The molecule has 0 bridgehead atoms. The van der Waals surface area contributed by atoms with E-state index in [1.54, 1.807) is 11.3 Å². The third kappa shape index (κ3) is 3.58. The molecule has 0 radical (unpaired) electrons. The second kappa shape index (κ2) is 6.94. The van der Waals surface area contributed by atoms with Crippen molar-refractivity contribution in [3.63, 3.8) is 0 Å². The van der Waals surface area contributed by atoms with Gasteiger partial charge in [-0.15, -0.1) is 11.3 Å². The number of likely N-dealkylation sites (tertiary alicyclic amines) is 1. The highest BCUT2D eigenvalue weighted by Gasteiger charge is 2.22. The van der Waals surface area contributed by atoms with Crippen molar-refractivity contribution in [2.45, 2.75) is 45.2 Å². The largest absolute Gasteiger partial charge is 0.395 e. The molecule has 0 saturated carbocycles. The van der Waals surface area contributed by atoms with Crippen molar-refractivity contribution in [1.29, 1.82) is 0 Å². The average Bonchev–Trinajstić information content (AvgIpc) is 2.99. The summed E-state index contributed by atoms with van der Waals surface area (Å²) in [6.07, 6.45) is 4.52. The zero-order valence-corrected chi connectivity index (χ0v) is 11.8. The van der Waals surface area contributed by atoms with E-state index in [1.807, 2.05) is 0 Å². The lowest BCUT2D eigenvalue weighted by Gasteiger charge is -2.22. The van der Waals surface area contributed by atoms with Crippen LogP contribution in [-0.2, 0) is 6.54 Å². The van der Waals surface area contributed by atoms with Gasteiger partial charge in [0.15, 0.2) is 0 Å². The normalized spacial score (nSPS) is 19.8.